The van der Waals surface area contributed by atoms with E-state index in [-0.39, 0.29) is 12.7 Å². The van der Waals surface area contributed by atoms with Crippen LogP contribution in [0.15, 0.2) is 18.3 Å². The first kappa shape index (κ1) is 15.8. The van der Waals surface area contributed by atoms with E-state index in [4.69, 9.17) is 9.84 Å². The van der Waals surface area contributed by atoms with Crippen LogP contribution < -0.4 is 10.1 Å². The summed E-state index contributed by atoms with van der Waals surface area (Å²) in [7, 11) is 0. The fourth-order valence-corrected chi connectivity index (χ4v) is 2.05. The van der Waals surface area contributed by atoms with Gasteiger partial charge in [-0.05, 0) is 44.7 Å². The summed E-state index contributed by atoms with van der Waals surface area (Å²) in [6.45, 7) is 7.23. The molecule has 0 radical (unpaired) electrons. The Bertz CT molecular complexity index is 350. The first-order valence-electron chi connectivity index (χ1n) is 7.13. The summed E-state index contributed by atoms with van der Waals surface area (Å²) in [6, 6.07) is 3.80. The Hall–Kier alpha value is -1.29. The molecule has 2 N–H and O–H groups in total. The van der Waals surface area contributed by atoms with Gasteiger partial charge in [0.1, 0.15) is 0 Å². The maximum Gasteiger partial charge on any atom is 0.168 e. The zero-order chi connectivity index (χ0) is 14.1. The van der Waals surface area contributed by atoms with Crippen LogP contribution in [-0.2, 0) is 0 Å². The van der Waals surface area contributed by atoms with E-state index in [9.17, 15) is 0 Å². The lowest BCUT2D eigenvalue weighted by molar-refractivity contribution is 0.242. The summed E-state index contributed by atoms with van der Waals surface area (Å²) in [5.41, 5.74) is 0. The van der Waals surface area contributed by atoms with Gasteiger partial charge < -0.3 is 15.2 Å². The fraction of sp³-hybridized carbons (Fsp3) is 0.667. The number of nitrogens with one attached hydrogen (secondary N) is 1. The second-order valence-corrected chi connectivity index (χ2v) is 5.06. The van der Waals surface area contributed by atoms with Crippen molar-refractivity contribution in [3.8, 4) is 5.75 Å². The molecule has 1 heterocycles. The second kappa shape index (κ2) is 8.75. The van der Waals surface area contributed by atoms with Crippen LogP contribution >= 0.6 is 0 Å². The summed E-state index contributed by atoms with van der Waals surface area (Å²) < 4.78 is 5.72. The molecule has 4 nitrogen and oxygen atoms in total. The van der Waals surface area contributed by atoms with Crippen molar-refractivity contribution in [2.24, 2.45) is 5.92 Å². The minimum atomic E-state index is 0.133. The minimum absolute atomic E-state index is 0.133. The van der Waals surface area contributed by atoms with Crippen molar-refractivity contribution >= 4 is 5.82 Å². The monoisotopic (exact) mass is 266 g/mol. The highest BCUT2D eigenvalue weighted by Crippen LogP contribution is 2.23. The Kier molecular flexibility index (Phi) is 7.26. The predicted octanol–water partition coefficient (Wildman–Crippen LogP) is 3.08. The average Bonchev–Trinajstić information content (AvgIpc) is 2.37. The SMILES string of the molecule is CCCC(CCO)CNc1ncccc1OC(C)C. The second-order valence-electron chi connectivity index (χ2n) is 5.06. The van der Waals surface area contributed by atoms with Crippen LogP contribution in [0.1, 0.15) is 40.0 Å². The van der Waals surface area contributed by atoms with Gasteiger partial charge >= 0.3 is 0 Å². The molecule has 0 aliphatic carbocycles. The number of hydrogen-bond acceptors (Lipinski definition) is 4. The van der Waals surface area contributed by atoms with Crippen molar-refractivity contribution in [1.82, 2.24) is 4.98 Å². The molecule has 4 heteroatoms. The van der Waals surface area contributed by atoms with E-state index in [1.54, 1.807) is 6.20 Å². The van der Waals surface area contributed by atoms with Crippen LogP contribution in [-0.4, -0.2) is 29.3 Å². The number of hydrogen-bond donors (Lipinski definition) is 2. The number of anilines is 1. The zero-order valence-electron chi connectivity index (χ0n) is 12.2. The molecule has 1 atom stereocenters. The third-order valence-electron chi connectivity index (χ3n) is 2.93. The third kappa shape index (κ3) is 5.92. The minimum Gasteiger partial charge on any atom is -0.487 e. The topological polar surface area (TPSA) is 54.4 Å². The zero-order valence-corrected chi connectivity index (χ0v) is 12.2. The van der Waals surface area contributed by atoms with Crippen LogP contribution in [0, 0.1) is 5.92 Å². The Morgan fingerprint density at radius 1 is 1.37 bits per heavy atom. The molecule has 0 fully saturated rings. The van der Waals surface area contributed by atoms with Gasteiger partial charge in [0.2, 0.25) is 0 Å². The molecule has 0 aliphatic heterocycles. The summed E-state index contributed by atoms with van der Waals surface area (Å²) >= 11 is 0. The lowest BCUT2D eigenvalue weighted by Gasteiger charge is -2.18. The van der Waals surface area contributed by atoms with E-state index in [0.717, 1.165) is 37.4 Å². The van der Waals surface area contributed by atoms with Crippen LogP contribution in [0.3, 0.4) is 0 Å². The molecule has 19 heavy (non-hydrogen) atoms. The number of nitrogens with zero attached hydrogens (tertiary/aromatic N) is 1. The molecule has 0 amide bonds. The Balaban J connectivity index is 2.59. The van der Waals surface area contributed by atoms with Gasteiger partial charge in [-0.3, -0.25) is 0 Å². The molecule has 108 valence electrons. The molecule has 1 unspecified atom stereocenters. The third-order valence-corrected chi connectivity index (χ3v) is 2.93. The number of aromatic nitrogens is 1. The molecule has 1 aromatic rings. The normalized spacial score (nSPS) is 12.5. The van der Waals surface area contributed by atoms with Gasteiger partial charge in [0.05, 0.1) is 6.10 Å². The highest BCUT2D eigenvalue weighted by molar-refractivity contribution is 5.49. The molecule has 1 rings (SSSR count). The van der Waals surface area contributed by atoms with E-state index in [2.05, 4.69) is 17.2 Å². The van der Waals surface area contributed by atoms with E-state index < -0.39 is 0 Å². The largest absolute Gasteiger partial charge is 0.487 e. The quantitative estimate of drug-likeness (QED) is 0.721. The van der Waals surface area contributed by atoms with E-state index in [1.807, 2.05) is 26.0 Å². The number of aliphatic hydroxyl groups is 1. The van der Waals surface area contributed by atoms with Gasteiger partial charge in [-0.2, -0.15) is 0 Å². The predicted molar refractivity (Wildman–Crippen MR) is 78.6 cm³/mol. The van der Waals surface area contributed by atoms with Crippen molar-refractivity contribution in [3.05, 3.63) is 18.3 Å². The van der Waals surface area contributed by atoms with Gasteiger partial charge in [-0.1, -0.05) is 13.3 Å². The first-order chi connectivity index (χ1) is 9.17. The molecule has 1 aromatic heterocycles. The number of rotatable bonds is 9. The molecule has 0 aromatic carbocycles. The van der Waals surface area contributed by atoms with Crippen LogP contribution in [0.2, 0.25) is 0 Å². The van der Waals surface area contributed by atoms with Gasteiger partial charge in [-0.15, -0.1) is 0 Å². The highest BCUT2D eigenvalue weighted by Gasteiger charge is 2.10. The molecule has 0 spiro atoms. The first-order valence-corrected chi connectivity index (χ1v) is 7.13. The maximum absolute atomic E-state index is 9.07. The van der Waals surface area contributed by atoms with Crippen molar-refractivity contribution in [3.63, 3.8) is 0 Å². The van der Waals surface area contributed by atoms with Crippen molar-refractivity contribution in [2.75, 3.05) is 18.5 Å². The van der Waals surface area contributed by atoms with E-state index in [0.29, 0.717) is 5.92 Å². The van der Waals surface area contributed by atoms with Crippen LogP contribution in [0.4, 0.5) is 5.82 Å². The number of aliphatic hydroxyl groups excluding tert-OH is 1. The molecule has 0 aliphatic rings. The number of ether oxygens (including phenoxy) is 1. The molecular formula is C15H26N2O2. The average molecular weight is 266 g/mol. The lowest BCUT2D eigenvalue weighted by atomic mass is 10.0. The summed E-state index contributed by atoms with van der Waals surface area (Å²) in [6.07, 6.45) is 4.96. The van der Waals surface area contributed by atoms with Crippen molar-refractivity contribution < 1.29 is 9.84 Å². The lowest BCUT2D eigenvalue weighted by Crippen LogP contribution is -2.17. The molecular weight excluding hydrogens is 240 g/mol. The Morgan fingerprint density at radius 3 is 2.79 bits per heavy atom. The van der Waals surface area contributed by atoms with Gasteiger partial charge in [0, 0.05) is 19.3 Å². The van der Waals surface area contributed by atoms with Gasteiger partial charge in [-0.25, -0.2) is 4.98 Å². The fourth-order valence-electron chi connectivity index (χ4n) is 2.05. The summed E-state index contributed by atoms with van der Waals surface area (Å²) in [4.78, 5) is 4.33. The molecule has 0 saturated carbocycles. The van der Waals surface area contributed by atoms with E-state index >= 15 is 0 Å². The Morgan fingerprint density at radius 2 is 2.16 bits per heavy atom. The van der Waals surface area contributed by atoms with Gasteiger partial charge in [0.15, 0.2) is 11.6 Å². The molecule has 0 saturated heterocycles. The van der Waals surface area contributed by atoms with Crippen molar-refractivity contribution in [2.45, 2.75) is 46.1 Å². The Labute approximate surface area is 116 Å². The van der Waals surface area contributed by atoms with Crippen molar-refractivity contribution in [1.29, 1.82) is 0 Å². The van der Waals surface area contributed by atoms with E-state index in [1.165, 1.54) is 0 Å². The van der Waals surface area contributed by atoms with Gasteiger partial charge in [0.25, 0.3) is 0 Å². The number of pyridine rings is 1. The summed E-state index contributed by atoms with van der Waals surface area (Å²) in [5.74, 6) is 2.05. The smallest absolute Gasteiger partial charge is 0.168 e. The summed E-state index contributed by atoms with van der Waals surface area (Å²) in [5, 5.41) is 12.4. The highest BCUT2D eigenvalue weighted by atomic mass is 16.5. The van der Waals surface area contributed by atoms with Crippen LogP contribution in [0.25, 0.3) is 0 Å². The standard InChI is InChI=1S/C15H26N2O2/c1-4-6-13(8-10-18)11-17-15-14(19-12(2)3)7-5-9-16-15/h5,7,9,12-13,18H,4,6,8,10-11H2,1-3H3,(H,16,17). The maximum atomic E-state index is 9.07. The van der Waals surface area contributed by atoms with Crippen LogP contribution in [0.5, 0.6) is 5.75 Å². The molecule has 0 bridgehead atoms.